The van der Waals surface area contributed by atoms with E-state index in [9.17, 15) is 12.8 Å². The minimum Gasteiger partial charge on any atom is -0.495 e. The average molecular weight is 317 g/mol. The first-order chi connectivity index (χ1) is 9.42. The third-order valence-corrected chi connectivity index (χ3v) is 4.00. The number of nitrogens with one attached hydrogen (secondary N) is 1. The molecule has 20 heavy (non-hydrogen) atoms. The first kappa shape index (κ1) is 14.5. The van der Waals surface area contributed by atoms with Gasteiger partial charge in [-0.25, -0.2) is 13.4 Å². The number of anilines is 1. The van der Waals surface area contributed by atoms with Crippen LogP contribution in [0.25, 0.3) is 0 Å². The van der Waals surface area contributed by atoms with E-state index in [0.29, 0.717) is 5.02 Å². The van der Waals surface area contributed by atoms with Crippen molar-refractivity contribution >= 4 is 27.4 Å². The van der Waals surface area contributed by atoms with Gasteiger partial charge < -0.3 is 4.74 Å². The third kappa shape index (κ3) is 3.17. The summed E-state index contributed by atoms with van der Waals surface area (Å²) >= 11 is 5.77. The van der Waals surface area contributed by atoms with Crippen molar-refractivity contribution in [1.82, 2.24) is 4.98 Å². The number of hydrogen-bond acceptors (Lipinski definition) is 4. The predicted octanol–water partition coefficient (Wildman–Crippen LogP) is 2.68. The topological polar surface area (TPSA) is 68.3 Å². The van der Waals surface area contributed by atoms with E-state index < -0.39 is 16.0 Å². The molecule has 1 aromatic carbocycles. The van der Waals surface area contributed by atoms with Crippen LogP contribution in [0.1, 0.15) is 0 Å². The van der Waals surface area contributed by atoms with Crippen molar-refractivity contribution < 1.29 is 17.5 Å². The first-order valence-electron chi connectivity index (χ1n) is 5.41. The Morgan fingerprint density at radius 1 is 1.30 bits per heavy atom. The molecule has 0 saturated heterocycles. The number of sulfonamides is 1. The van der Waals surface area contributed by atoms with Gasteiger partial charge in [0.15, 0.2) is 0 Å². The van der Waals surface area contributed by atoms with E-state index in [0.717, 1.165) is 6.07 Å². The molecule has 0 aliphatic carbocycles. The molecule has 5 nitrogen and oxygen atoms in total. The fourth-order valence-corrected chi connectivity index (χ4v) is 2.84. The monoisotopic (exact) mass is 316 g/mol. The minimum absolute atomic E-state index is 0.0846. The number of ether oxygens (including phenoxy) is 1. The van der Waals surface area contributed by atoms with E-state index in [1.54, 1.807) is 0 Å². The standard InChI is InChI=1S/C12H10ClFN2O3S/c1-19-9-7-8(13)5-6-10(9)20(17,18)16-12-4-2-3-11(14)15-12/h2-7H,1H3,(H,15,16). The van der Waals surface area contributed by atoms with Crippen molar-refractivity contribution in [3.05, 3.63) is 47.4 Å². The van der Waals surface area contributed by atoms with Gasteiger partial charge >= 0.3 is 0 Å². The smallest absolute Gasteiger partial charge is 0.266 e. The number of methoxy groups -OCH3 is 1. The van der Waals surface area contributed by atoms with Crippen LogP contribution >= 0.6 is 11.6 Å². The molecule has 1 aromatic heterocycles. The molecule has 0 atom stereocenters. The summed E-state index contributed by atoms with van der Waals surface area (Å²) < 4.78 is 44.5. The number of halogens is 2. The highest BCUT2D eigenvalue weighted by Gasteiger charge is 2.20. The molecule has 2 aromatic rings. The fraction of sp³-hybridized carbons (Fsp3) is 0.0833. The third-order valence-electron chi connectivity index (χ3n) is 2.37. The zero-order valence-electron chi connectivity index (χ0n) is 10.3. The number of aromatic nitrogens is 1. The number of benzene rings is 1. The lowest BCUT2D eigenvalue weighted by molar-refractivity contribution is 0.403. The van der Waals surface area contributed by atoms with Crippen molar-refractivity contribution in [2.45, 2.75) is 4.90 Å². The Bertz CT molecular complexity index is 737. The van der Waals surface area contributed by atoms with Crippen molar-refractivity contribution in [3.63, 3.8) is 0 Å². The zero-order chi connectivity index (χ0) is 14.8. The highest BCUT2D eigenvalue weighted by Crippen LogP contribution is 2.28. The summed E-state index contributed by atoms with van der Waals surface area (Å²) in [5, 5.41) is 0.338. The molecule has 0 aliphatic heterocycles. The van der Waals surface area contributed by atoms with Crippen LogP contribution in [0, 0.1) is 5.95 Å². The molecule has 2 rings (SSSR count). The van der Waals surface area contributed by atoms with Crippen LogP contribution in [0.4, 0.5) is 10.2 Å². The molecule has 0 saturated carbocycles. The predicted molar refractivity (Wildman–Crippen MR) is 73.0 cm³/mol. The lowest BCUT2D eigenvalue weighted by Crippen LogP contribution is -2.15. The molecule has 0 radical (unpaired) electrons. The second kappa shape index (κ2) is 5.64. The molecule has 1 heterocycles. The normalized spacial score (nSPS) is 11.2. The van der Waals surface area contributed by atoms with Gasteiger partial charge in [-0.3, -0.25) is 4.72 Å². The first-order valence-corrected chi connectivity index (χ1v) is 7.27. The second-order valence-corrected chi connectivity index (χ2v) is 5.83. The highest BCUT2D eigenvalue weighted by atomic mass is 35.5. The average Bonchev–Trinajstić information content (AvgIpc) is 2.37. The molecular weight excluding hydrogens is 307 g/mol. The van der Waals surface area contributed by atoms with Crippen LogP contribution in [0.2, 0.25) is 5.02 Å². The van der Waals surface area contributed by atoms with Crippen molar-refractivity contribution in [2.24, 2.45) is 0 Å². The maximum Gasteiger partial charge on any atom is 0.266 e. The molecule has 0 amide bonds. The van der Waals surface area contributed by atoms with Crippen molar-refractivity contribution in [2.75, 3.05) is 11.8 Å². The quantitative estimate of drug-likeness (QED) is 0.881. The molecule has 106 valence electrons. The summed E-state index contributed by atoms with van der Waals surface area (Å²) in [7, 11) is -2.63. The Hall–Kier alpha value is -1.86. The van der Waals surface area contributed by atoms with Gasteiger partial charge in [-0.05, 0) is 24.3 Å². The summed E-state index contributed by atoms with van der Waals surface area (Å²) in [5.41, 5.74) is 0. The molecule has 0 bridgehead atoms. The molecule has 1 N–H and O–H groups in total. The lowest BCUT2D eigenvalue weighted by Gasteiger charge is -2.11. The van der Waals surface area contributed by atoms with Gasteiger partial charge in [-0.1, -0.05) is 17.7 Å². The van der Waals surface area contributed by atoms with E-state index in [2.05, 4.69) is 9.71 Å². The van der Waals surface area contributed by atoms with Crippen molar-refractivity contribution in [3.8, 4) is 5.75 Å². The SMILES string of the molecule is COc1cc(Cl)ccc1S(=O)(=O)Nc1cccc(F)n1. The fourth-order valence-electron chi connectivity index (χ4n) is 1.52. The summed E-state index contributed by atoms with van der Waals surface area (Å²) in [4.78, 5) is 3.32. The molecular formula is C12H10ClFN2O3S. The Labute approximate surface area is 120 Å². The lowest BCUT2D eigenvalue weighted by atomic mass is 10.3. The van der Waals surface area contributed by atoms with Crippen LogP contribution in [0.15, 0.2) is 41.3 Å². The van der Waals surface area contributed by atoms with E-state index in [1.165, 1.54) is 37.4 Å². The summed E-state index contributed by atoms with van der Waals surface area (Å²) in [5.74, 6) is -0.823. The highest BCUT2D eigenvalue weighted by molar-refractivity contribution is 7.92. The Morgan fingerprint density at radius 2 is 2.05 bits per heavy atom. The summed E-state index contributed by atoms with van der Waals surface area (Å²) in [6, 6.07) is 7.87. The van der Waals surface area contributed by atoms with E-state index in [1.807, 2.05) is 0 Å². The Balaban J connectivity index is 2.40. The Kier molecular flexibility index (Phi) is 4.10. The molecule has 0 unspecified atom stereocenters. The number of hydrogen-bond donors (Lipinski definition) is 1. The van der Waals surface area contributed by atoms with Crippen LogP contribution in [-0.4, -0.2) is 20.5 Å². The van der Waals surface area contributed by atoms with Crippen LogP contribution < -0.4 is 9.46 Å². The van der Waals surface area contributed by atoms with E-state index in [-0.39, 0.29) is 16.5 Å². The van der Waals surface area contributed by atoms with Gasteiger partial charge in [0.1, 0.15) is 16.5 Å². The number of rotatable bonds is 4. The number of pyridine rings is 1. The second-order valence-electron chi connectivity index (χ2n) is 3.75. The maximum absolute atomic E-state index is 13.0. The van der Waals surface area contributed by atoms with Gasteiger partial charge in [0.25, 0.3) is 10.0 Å². The largest absolute Gasteiger partial charge is 0.495 e. The van der Waals surface area contributed by atoms with Crippen LogP contribution in [-0.2, 0) is 10.0 Å². The van der Waals surface area contributed by atoms with Gasteiger partial charge in [0.05, 0.1) is 7.11 Å². The van der Waals surface area contributed by atoms with E-state index >= 15 is 0 Å². The van der Waals surface area contributed by atoms with Crippen LogP contribution in [0.3, 0.4) is 0 Å². The van der Waals surface area contributed by atoms with Gasteiger partial charge in [0, 0.05) is 11.1 Å². The van der Waals surface area contributed by atoms with Gasteiger partial charge in [-0.2, -0.15) is 4.39 Å². The number of nitrogens with zero attached hydrogens (tertiary/aromatic N) is 1. The van der Waals surface area contributed by atoms with E-state index in [4.69, 9.17) is 16.3 Å². The van der Waals surface area contributed by atoms with Crippen molar-refractivity contribution in [1.29, 1.82) is 0 Å². The van der Waals surface area contributed by atoms with Crippen LogP contribution in [0.5, 0.6) is 5.75 Å². The molecule has 0 fully saturated rings. The minimum atomic E-state index is -3.95. The summed E-state index contributed by atoms with van der Waals surface area (Å²) in [6.45, 7) is 0. The molecule has 8 heteroatoms. The zero-order valence-corrected chi connectivity index (χ0v) is 11.9. The molecule has 0 spiro atoms. The maximum atomic E-state index is 13.0. The van der Waals surface area contributed by atoms with Gasteiger partial charge in [-0.15, -0.1) is 0 Å². The molecule has 0 aliphatic rings. The summed E-state index contributed by atoms with van der Waals surface area (Å²) in [6.07, 6.45) is 0. The van der Waals surface area contributed by atoms with Gasteiger partial charge in [0.2, 0.25) is 5.95 Å². The Morgan fingerprint density at radius 3 is 2.70 bits per heavy atom.